The zero-order chi connectivity index (χ0) is 17.4. The van der Waals surface area contributed by atoms with Gasteiger partial charge in [-0.15, -0.1) is 13.2 Å². The Morgan fingerprint density at radius 3 is 2.50 bits per heavy atom. The number of halogens is 3. The highest BCUT2D eigenvalue weighted by atomic mass is 32.2. The summed E-state index contributed by atoms with van der Waals surface area (Å²) in [6.45, 7) is 1.31. The highest BCUT2D eigenvalue weighted by Gasteiger charge is 2.42. The van der Waals surface area contributed by atoms with Crippen LogP contribution in [0.3, 0.4) is 0 Å². The Morgan fingerprint density at radius 2 is 1.92 bits per heavy atom. The Balaban J connectivity index is 1.90. The van der Waals surface area contributed by atoms with Crippen molar-refractivity contribution in [3.05, 3.63) is 24.3 Å². The molecule has 134 valence electrons. The van der Waals surface area contributed by atoms with Gasteiger partial charge in [-0.05, 0) is 37.3 Å². The lowest BCUT2D eigenvalue weighted by atomic mass is 10.1. The van der Waals surface area contributed by atoms with Gasteiger partial charge in [-0.3, -0.25) is 0 Å². The third-order valence-electron chi connectivity index (χ3n) is 4.08. The molecule has 0 amide bonds. The number of rotatable bonds is 6. The number of para-hydroxylation sites is 1. The number of alkyl halides is 3. The summed E-state index contributed by atoms with van der Waals surface area (Å²) in [6.07, 6.45) is -2.76. The number of benzene rings is 1. The number of sulfonamides is 1. The first-order valence-corrected chi connectivity index (χ1v) is 9.16. The molecule has 1 aliphatic heterocycles. The van der Waals surface area contributed by atoms with E-state index in [9.17, 15) is 21.6 Å². The maximum Gasteiger partial charge on any atom is 0.573 e. The Labute approximate surface area is 138 Å². The molecule has 0 spiro atoms. The van der Waals surface area contributed by atoms with Crippen molar-refractivity contribution in [2.45, 2.75) is 36.6 Å². The van der Waals surface area contributed by atoms with Crippen molar-refractivity contribution in [1.29, 1.82) is 0 Å². The van der Waals surface area contributed by atoms with Crippen LogP contribution in [-0.2, 0) is 14.8 Å². The zero-order valence-electron chi connectivity index (χ0n) is 12.8. The fraction of sp³-hybridized carbons (Fsp3) is 0.600. The third-order valence-corrected chi connectivity index (χ3v) is 6.04. The molecule has 1 aliphatic carbocycles. The molecular formula is C15H18F3NO4S. The molecule has 2 fully saturated rings. The van der Waals surface area contributed by atoms with Gasteiger partial charge in [-0.1, -0.05) is 12.1 Å². The van der Waals surface area contributed by atoms with E-state index in [1.165, 1.54) is 16.4 Å². The van der Waals surface area contributed by atoms with Crippen molar-refractivity contribution in [3.63, 3.8) is 0 Å². The van der Waals surface area contributed by atoms with E-state index in [-0.39, 0.29) is 18.5 Å². The van der Waals surface area contributed by atoms with Crippen LogP contribution in [0.25, 0.3) is 0 Å². The maximum absolute atomic E-state index is 12.9. The second kappa shape index (κ2) is 6.53. The van der Waals surface area contributed by atoms with Crippen LogP contribution in [0.4, 0.5) is 13.2 Å². The molecule has 0 aromatic heterocycles. The molecule has 2 aliphatic rings. The van der Waals surface area contributed by atoms with Gasteiger partial charge in [0.2, 0.25) is 10.0 Å². The number of hydrogen-bond acceptors (Lipinski definition) is 4. The van der Waals surface area contributed by atoms with Crippen molar-refractivity contribution < 1.29 is 31.1 Å². The van der Waals surface area contributed by atoms with Crippen LogP contribution in [0.1, 0.15) is 19.3 Å². The van der Waals surface area contributed by atoms with Crippen LogP contribution in [0.2, 0.25) is 0 Å². The molecule has 1 heterocycles. The highest BCUT2D eigenvalue weighted by Crippen LogP contribution is 2.37. The molecule has 0 N–H and O–H groups in total. The Bertz CT molecular complexity index is 682. The maximum atomic E-state index is 12.9. The molecule has 0 unspecified atom stereocenters. The number of hydrogen-bond donors (Lipinski definition) is 0. The van der Waals surface area contributed by atoms with Crippen molar-refractivity contribution in [3.8, 4) is 5.75 Å². The van der Waals surface area contributed by atoms with Gasteiger partial charge < -0.3 is 9.47 Å². The fourth-order valence-electron chi connectivity index (χ4n) is 2.79. The first-order chi connectivity index (χ1) is 11.3. The lowest BCUT2D eigenvalue weighted by molar-refractivity contribution is -0.275. The van der Waals surface area contributed by atoms with E-state index in [1.807, 2.05) is 0 Å². The molecule has 1 atom stereocenters. The van der Waals surface area contributed by atoms with E-state index < -0.39 is 27.0 Å². The Hall–Kier alpha value is -1.32. The molecule has 3 rings (SSSR count). The topological polar surface area (TPSA) is 55.8 Å². The van der Waals surface area contributed by atoms with Gasteiger partial charge in [0.15, 0.2) is 0 Å². The first-order valence-electron chi connectivity index (χ1n) is 7.72. The van der Waals surface area contributed by atoms with Gasteiger partial charge >= 0.3 is 6.36 Å². The summed E-state index contributed by atoms with van der Waals surface area (Å²) in [6, 6.07) is 4.71. The predicted molar refractivity (Wildman–Crippen MR) is 79.0 cm³/mol. The van der Waals surface area contributed by atoms with Gasteiger partial charge in [0.05, 0.1) is 6.61 Å². The quantitative estimate of drug-likeness (QED) is 0.778. The van der Waals surface area contributed by atoms with Crippen LogP contribution < -0.4 is 4.74 Å². The largest absolute Gasteiger partial charge is 0.573 e. The van der Waals surface area contributed by atoms with Gasteiger partial charge in [0, 0.05) is 19.2 Å². The van der Waals surface area contributed by atoms with Crippen molar-refractivity contribution in [2.24, 2.45) is 5.92 Å². The van der Waals surface area contributed by atoms with Crippen molar-refractivity contribution >= 4 is 10.0 Å². The molecule has 0 radical (unpaired) electrons. The third kappa shape index (κ3) is 4.01. The molecule has 1 saturated heterocycles. The van der Waals surface area contributed by atoms with Crippen LogP contribution in [-0.4, -0.2) is 44.9 Å². The average Bonchev–Trinajstić information content (AvgIpc) is 3.19. The molecule has 1 saturated carbocycles. The second-order valence-electron chi connectivity index (χ2n) is 6.03. The van der Waals surface area contributed by atoms with Gasteiger partial charge in [0.25, 0.3) is 0 Å². The fourth-order valence-corrected chi connectivity index (χ4v) is 4.66. The summed E-state index contributed by atoms with van der Waals surface area (Å²) in [7, 11) is -4.08. The normalized spacial score (nSPS) is 22.1. The molecule has 1 aromatic carbocycles. The zero-order valence-corrected chi connectivity index (χ0v) is 13.6. The predicted octanol–water partition coefficient (Wildman–Crippen LogP) is 2.77. The van der Waals surface area contributed by atoms with Crippen molar-refractivity contribution in [1.82, 2.24) is 4.31 Å². The number of ether oxygens (including phenoxy) is 2. The Kier molecular flexibility index (Phi) is 4.76. The van der Waals surface area contributed by atoms with Gasteiger partial charge in [0.1, 0.15) is 10.6 Å². The SMILES string of the molecule is O=S(=O)(c1ccccc1OC(F)(F)F)N(C[C@@H]1CCOC1)C1CC1. The summed E-state index contributed by atoms with van der Waals surface area (Å²) in [5, 5.41) is 0. The van der Waals surface area contributed by atoms with E-state index >= 15 is 0 Å². The van der Waals surface area contributed by atoms with Crippen LogP contribution in [0.5, 0.6) is 5.75 Å². The smallest absolute Gasteiger partial charge is 0.404 e. The summed E-state index contributed by atoms with van der Waals surface area (Å²) >= 11 is 0. The molecule has 9 heteroatoms. The van der Waals surface area contributed by atoms with Gasteiger partial charge in [-0.2, -0.15) is 4.31 Å². The standard InChI is InChI=1S/C15H18F3NO4S/c16-15(17,18)23-13-3-1-2-4-14(13)24(20,21)19(12-5-6-12)9-11-7-8-22-10-11/h1-4,11-12H,5-10H2/t11-/m0/s1. The van der Waals surface area contributed by atoms with E-state index in [0.29, 0.717) is 13.2 Å². The average molecular weight is 365 g/mol. The van der Waals surface area contributed by atoms with E-state index in [2.05, 4.69) is 4.74 Å². The minimum absolute atomic E-state index is 0.0658. The second-order valence-corrected chi connectivity index (χ2v) is 7.89. The van der Waals surface area contributed by atoms with Crippen LogP contribution >= 0.6 is 0 Å². The Morgan fingerprint density at radius 1 is 1.21 bits per heavy atom. The lowest BCUT2D eigenvalue weighted by Crippen LogP contribution is -2.37. The minimum atomic E-state index is -4.95. The van der Waals surface area contributed by atoms with E-state index in [0.717, 1.165) is 31.4 Å². The number of nitrogens with zero attached hydrogens (tertiary/aromatic N) is 1. The molecular weight excluding hydrogens is 347 g/mol. The summed E-state index contributed by atoms with van der Waals surface area (Å²) in [4.78, 5) is -0.451. The summed E-state index contributed by atoms with van der Waals surface area (Å²) in [5.41, 5.74) is 0. The monoisotopic (exact) mass is 365 g/mol. The summed E-state index contributed by atoms with van der Waals surface area (Å²) in [5.74, 6) is -0.630. The van der Waals surface area contributed by atoms with E-state index in [4.69, 9.17) is 4.74 Å². The lowest BCUT2D eigenvalue weighted by Gasteiger charge is -2.25. The van der Waals surface area contributed by atoms with E-state index in [1.54, 1.807) is 0 Å². The molecule has 24 heavy (non-hydrogen) atoms. The van der Waals surface area contributed by atoms with Crippen LogP contribution in [0.15, 0.2) is 29.2 Å². The molecule has 5 nitrogen and oxygen atoms in total. The first kappa shape index (κ1) is 17.5. The van der Waals surface area contributed by atoms with Crippen LogP contribution in [0, 0.1) is 5.92 Å². The molecule has 0 bridgehead atoms. The molecule has 1 aromatic rings. The highest BCUT2D eigenvalue weighted by molar-refractivity contribution is 7.89. The van der Waals surface area contributed by atoms with Crippen molar-refractivity contribution in [2.75, 3.05) is 19.8 Å². The van der Waals surface area contributed by atoms with Gasteiger partial charge in [-0.25, -0.2) is 8.42 Å². The minimum Gasteiger partial charge on any atom is -0.404 e. The summed E-state index contributed by atoms with van der Waals surface area (Å²) < 4.78 is 74.1.